The van der Waals surface area contributed by atoms with E-state index in [1.807, 2.05) is 20.8 Å². The minimum atomic E-state index is 0.683. The molecule has 0 spiro atoms. The van der Waals surface area contributed by atoms with Crippen molar-refractivity contribution in [3.8, 4) is 0 Å². The Morgan fingerprint density at radius 2 is 1.93 bits per heavy atom. The largest absolute Gasteiger partial charge is 0.340 e. The fourth-order valence-corrected chi connectivity index (χ4v) is 1.90. The van der Waals surface area contributed by atoms with Crippen LogP contribution in [-0.4, -0.2) is 10.1 Å². The van der Waals surface area contributed by atoms with Crippen molar-refractivity contribution in [3.05, 3.63) is 11.7 Å². The average Bonchev–Trinajstić information content (AvgIpc) is 2.82. The van der Waals surface area contributed by atoms with Crippen LogP contribution in [-0.2, 0) is 6.42 Å². The van der Waals surface area contributed by atoms with Gasteiger partial charge >= 0.3 is 0 Å². The molecule has 3 heteroatoms. The van der Waals surface area contributed by atoms with Gasteiger partial charge in [0.15, 0.2) is 5.82 Å². The quantitative estimate of drug-likeness (QED) is 0.729. The summed E-state index contributed by atoms with van der Waals surface area (Å²) in [6.45, 7) is 5.84. The van der Waals surface area contributed by atoms with Crippen molar-refractivity contribution in [1.82, 2.24) is 10.1 Å². The predicted octanol–water partition coefficient (Wildman–Crippen LogP) is 3.14. The van der Waals surface area contributed by atoms with Gasteiger partial charge in [0.2, 0.25) is 5.89 Å². The highest BCUT2D eigenvalue weighted by atomic mass is 16.5. The van der Waals surface area contributed by atoms with Gasteiger partial charge in [0.25, 0.3) is 0 Å². The molecule has 14 heavy (non-hydrogen) atoms. The zero-order valence-corrected chi connectivity index (χ0v) is 9.42. The number of hydrogen-bond acceptors (Lipinski definition) is 3. The van der Waals surface area contributed by atoms with Crippen molar-refractivity contribution in [2.75, 3.05) is 0 Å². The van der Waals surface area contributed by atoms with E-state index in [0.717, 1.165) is 18.2 Å². The molecule has 1 aliphatic carbocycles. The lowest BCUT2D eigenvalue weighted by atomic mass is 10.0. The lowest BCUT2D eigenvalue weighted by Crippen LogP contribution is -2.00. The summed E-state index contributed by atoms with van der Waals surface area (Å²) in [5.74, 6) is 2.38. The Labute approximate surface area is 85.9 Å². The summed E-state index contributed by atoms with van der Waals surface area (Å²) in [4.78, 5) is 4.20. The van der Waals surface area contributed by atoms with Gasteiger partial charge in [-0.3, -0.25) is 0 Å². The highest BCUT2D eigenvalue weighted by Crippen LogP contribution is 2.26. The monoisotopic (exact) mass is 196 g/mol. The molecule has 1 aromatic rings. The molecule has 1 saturated carbocycles. The van der Waals surface area contributed by atoms with Crippen LogP contribution in [0.3, 0.4) is 0 Å². The zero-order chi connectivity index (χ0) is 10.4. The van der Waals surface area contributed by atoms with E-state index in [-0.39, 0.29) is 0 Å². The molecule has 0 unspecified atom stereocenters. The van der Waals surface area contributed by atoms with E-state index in [9.17, 15) is 0 Å². The molecule has 0 bridgehead atoms. The molecule has 1 aromatic heterocycles. The fourth-order valence-electron chi connectivity index (χ4n) is 1.90. The Hall–Kier alpha value is -0.860. The van der Waals surface area contributed by atoms with Crippen molar-refractivity contribution in [3.63, 3.8) is 0 Å². The van der Waals surface area contributed by atoms with Gasteiger partial charge in [-0.15, -0.1) is 0 Å². The van der Waals surface area contributed by atoms with Crippen LogP contribution in [0.4, 0.5) is 0 Å². The van der Waals surface area contributed by atoms with Crippen molar-refractivity contribution in [2.45, 2.75) is 52.9 Å². The molecule has 1 heterocycles. The van der Waals surface area contributed by atoms with Gasteiger partial charge < -0.3 is 4.52 Å². The van der Waals surface area contributed by atoms with E-state index in [1.165, 1.54) is 25.7 Å². The first kappa shape index (κ1) is 11.2. The molecular formula is C11H20N2O. The van der Waals surface area contributed by atoms with Gasteiger partial charge in [-0.1, -0.05) is 44.7 Å². The average molecular weight is 196 g/mol. The van der Waals surface area contributed by atoms with Crippen LogP contribution in [0.1, 0.15) is 51.2 Å². The molecule has 0 radical (unpaired) electrons. The van der Waals surface area contributed by atoms with Crippen LogP contribution in [0.25, 0.3) is 0 Å². The predicted molar refractivity (Wildman–Crippen MR) is 56.0 cm³/mol. The summed E-state index contributed by atoms with van der Waals surface area (Å²) >= 11 is 0. The maximum Gasteiger partial charge on any atom is 0.223 e. The number of nitrogens with zero attached hydrogens (tertiary/aromatic N) is 2. The Kier molecular flexibility index (Phi) is 4.63. The summed E-state index contributed by atoms with van der Waals surface area (Å²) in [5, 5.41) is 3.89. The highest BCUT2D eigenvalue weighted by Gasteiger charge is 2.17. The molecule has 0 saturated heterocycles. The minimum Gasteiger partial charge on any atom is -0.340 e. The van der Waals surface area contributed by atoms with Gasteiger partial charge in [0.1, 0.15) is 0 Å². The van der Waals surface area contributed by atoms with Gasteiger partial charge in [-0.05, 0) is 5.92 Å². The van der Waals surface area contributed by atoms with Crippen LogP contribution in [0.2, 0.25) is 0 Å². The van der Waals surface area contributed by atoms with Gasteiger partial charge in [-0.25, -0.2) is 0 Å². The second-order valence-corrected chi connectivity index (χ2v) is 3.58. The van der Waals surface area contributed by atoms with Crippen LogP contribution in [0, 0.1) is 12.8 Å². The number of aromatic nitrogens is 2. The van der Waals surface area contributed by atoms with E-state index in [1.54, 1.807) is 0 Å². The fraction of sp³-hybridized carbons (Fsp3) is 0.818. The summed E-state index contributed by atoms with van der Waals surface area (Å²) in [6.07, 6.45) is 6.45. The Bertz CT molecular complexity index is 252. The molecule has 80 valence electrons. The summed E-state index contributed by atoms with van der Waals surface area (Å²) in [5.41, 5.74) is 0. The van der Waals surface area contributed by atoms with E-state index in [4.69, 9.17) is 4.52 Å². The van der Waals surface area contributed by atoms with Crippen LogP contribution in [0.15, 0.2) is 4.52 Å². The Morgan fingerprint density at radius 3 is 2.43 bits per heavy atom. The van der Waals surface area contributed by atoms with Crippen LogP contribution in [0.5, 0.6) is 0 Å². The van der Waals surface area contributed by atoms with Crippen molar-refractivity contribution in [2.24, 2.45) is 5.92 Å². The smallest absolute Gasteiger partial charge is 0.223 e. The zero-order valence-electron chi connectivity index (χ0n) is 9.42. The van der Waals surface area contributed by atoms with E-state index >= 15 is 0 Å². The third-order valence-corrected chi connectivity index (χ3v) is 2.52. The molecule has 3 nitrogen and oxygen atoms in total. The van der Waals surface area contributed by atoms with Gasteiger partial charge in [0, 0.05) is 13.3 Å². The second-order valence-electron chi connectivity index (χ2n) is 3.58. The maximum atomic E-state index is 4.91. The van der Waals surface area contributed by atoms with Crippen LogP contribution >= 0.6 is 0 Å². The number of aryl methyl sites for hydroxylation is 1. The lowest BCUT2D eigenvalue weighted by Gasteiger charge is -2.02. The third-order valence-electron chi connectivity index (χ3n) is 2.52. The molecule has 0 aliphatic heterocycles. The first-order valence-corrected chi connectivity index (χ1v) is 5.64. The molecule has 0 N–H and O–H groups in total. The molecule has 0 amide bonds. The highest BCUT2D eigenvalue weighted by molar-refractivity contribution is 4.87. The summed E-state index contributed by atoms with van der Waals surface area (Å²) in [7, 11) is 0. The molecule has 1 aliphatic rings. The van der Waals surface area contributed by atoms with Gasteiger partial charge in [0.05, 0.1) is 0 Å². The normalized spacial score (nSPS) is 16.5. The van der Waals surface area contributed by atoms with Crippen molar-refractivity contribution in [1.29, 1.82) is 0 Å². The molecule has 2 rings (SSSR count). The summed E-state index contributed by atoms with van der Waals surface area (Å²) < 4.78 is 4.91. The Balaban J connectivity index is 0.000000461. The number of rotatable bonds is 2. The van der Waals surface area contributed by atoms with E-state index < -0.39 is 0 Å². The topological polar surface area (TPSA) is 38.9 Å². The second kappa shape index (κ2) is 5.78. The third kappa shape index (κ3) is 3.13. The van der Waals surface area contributed by atoms with Crippen molar-refractivity contribution >= 4 is 0 Å². The molecule has 0 aromatic carbocycles. The molecular weight excluding hydrogens is 176 g/mol. The molecule has 0 atom stereocenters. The first-order chi connectivity index (χ1) is 6.84. The Morgan fingerprint density at radius 1 is 1.29 bits per heavy atom. The first-order valence-electron chi connectivity index (χ1n) is 5.64. The maximum absolute atomic E-state index is 4.91. The summed E-state index contributed by atoms with van der Waals surface area (Å²) in [6, 6.07) is 0. The van der Waals surface area contributed by atoms with Crippen LogP contribution < -0.4 is 0 Å². The SMILES string of the molecule is CC.Cc1nc(CC2CCCC2)no1. The van der Waals surface area contributed by atoms with Gasteiger partial charge in [-0.2, -0.15) is 4.98 Å². The van der Waals surface area contributed by atoms with Crippen molar-refractivity contribution < 1.29 is 4.52 Å². The van der Waals surface area contributed by atoms with E-state index in [0.29, 0.717) is 5.89 Å². The standard InChI is InChI=1S/C9H14N2O.C2H6/c1-7-10-9(11-12-7)6-8-4-2-3-5-8;1-2/h8H,2-6H2,1H3;1-2H3. The van der Waals surface area contributed by atoms with E-state index in [2.05, 4.69) is 10.1 Å². The molecule has 1 fully saturated rings. The number of hydrogen-bond donors (Lipinski definition) is 0. The lowest BCUT2D eigenvalue weighted by molar-refractivity contribution is 0.382. The minimum absolute atomic E-state index is 0.683.